The third-order valence-corrected chi connectivity index (χ3v) is 15.5. The summed E-state index contributed by atoms with van der Waals surface area (Å²) in [5, 5.41) is 34.4. The molecule has 0 bridgehead atoms. The summed E-state index contributed by atoms with van der Waals surface area (Å²) in [5.41, 5.74) is 69.1. The third-order valence-electron chi connectivity index (χ3n) is 15.5. The Hall–Kier alpha value is -7.87. The largest absolute Gasteiger partial charge is 0.480 e. The van der Waals surface area contributed by atoms with Gasteiger partial charge in [-0.2, -0.15) is 0 Å². The standard InChI is InChI=1S/C60H117N25O11/c61-26-8-1-17-39(68)49(86)77-40(18-2-9-27-62)50(87)81-45(24-15-33-74-59(69)70)54(91)79-41(19-3-10-28-63)51(88)80-44(22-6-13-31-66)56(93)85-48(35-38-36-73-37-76-38)57(94)83-43(21-5-12-30-65)53(90)78-42(20-4-11-29-64)52(89)82-46(25-16-34-75-60(71)72)55(92)84-47(58(95)96)23-7-14-32-67/h36-37,39-48H,1-35,61-68H2,(H,73,76)(H,77,86)(H,78,90)(H,79,91)(H,80,88)(H,81,87)(H,82,89)(H,83,94)(H,84,92)(H,85,93)(H,95,96)(H4,69,70,74)(H4,71,72,75)/t39-,40-,41-,42-,43-,44-,45-,46-,47-,48-/m0/s1. The molecule has 1 aromatic heterocycles. The van der Waals surface area contributed by atoms with E-state index in [1.807, 2.05) is 0 Å². The molecule has 0 aliphatic rings. The van der Waals surface area contributed by atoms with E-state index in [0.29, 0.717) is 122 Å². The van der Waals surface area contributed by atoms with Crippen LogP contribution < -0.4 is 117 Å². The van der Waals surface area contributed by atoms with E-state index >= 15 is 0 Å². The number of aromatic nitrogens is 2. The average Bonchev–Trinajstić information content (AvgIpc) is 1.19. The molecule has 0 saturated heterocycles. The second-order valence-corrected chi connectivity index (χ2v) is 23.7. The van der Waals surface area contributed by atoms with Gasteiger partial charge in [0.2, 0.25) is 53.2 Å². The van der Waals surface area contributed by atoms with Crippen molar-refractivity contribution in [1.82, 2.24) is 57.8 Å². The first-order valence-corrected chi connectivity index (χ1v) is 33.7. The zero-order valence-electron chi connectivity index (χ0n) is 56.0. The van der Waals surface area contributed by atoms with E-state index in [1.54, 1.807) is 0 Å². The third kappa shape index (κ3) is 38.0. The van der Waals surface area contributed by atoms with Gasteiger partial charge in [-0.25, -0.2) is 9.78 Å². The Labute approximate surface area is 563 Å². The molecule has 36 heteroatoms. The fourth-order valence-electron chi connectivity index (χ4n) is 10.0. The number of aromatic amines is 1. The molecule has 548 valence electrons. The van der Waals surface area contributed by atoms with Crippen molar-refractivity contribution in [2.75, 3.05) is 58.9 Å². The Morgan fingerprint density at radius 3 is 0.854 bits per heavy atom. The Morgan fingerprint density at radius 1 is 0.354 bits per heavy atom. The highest BCUT2D eigenvalue weighted by molar-refractivity contribution is 5.98. The fraction of sp³-hybridized carbons (Fsp3) is 0.750. The summed E-state index contributed by atoms with van der Waals surface area (Å²) in [6, 6.07) is -12.8. The number of hydrogen-bond donors (Lipinski definition) is 23. The molecule has 1 aromatic rings. The molecular formula is C60H117N25O11. The molecule has 9 amide bonds. The van der Waals surface area contributed by atoms with Crippen LogP contribution in [0, 0.1) is 0 Å². The normalized spacial score (nSPS) is 14.2. The van der Waals surface area contributed by atoms with Gasteiger partial charge in [0.05, 0.1) is 12.4 Å². The minimum atomic E-state index is -1.46. The van der Waals surface area contributed by atoms with E-state index < -0.39 is 120 Å². The van der Waals surface area contributed by atoms with Crippen LogP contribution in [0.3, 0.4) is 0 Å². The van der Waals surface area contributed by atoms with Crippen LogP contribution in [0.4, 0.5) is 0 Å². The van der Waals surface area contributed by atoms with Crippen molar-refractivity contribution in [2.45, 2.75) is 227 Å². The number of hydrogen-bond acceptors (Lipinski definition) is 21. The van der Waals surface area contributed by atoms with Gasteiger partial charge in [0, 0.05) is 31.4 Å². The number of imidazole rings is 1. The Bertz CT molecular complexity index is 2490. The Morgan fingerprint density at radius 2 is 0.594 bits per heavy atom. The van der Waals surface area contributed by atoms with Gasteiger partial charge >= 0.3 is 5.97 Å². The highest BCUT2D eigenvalue weighted by atomic mass is 16.4. The van der Waals surface area contributed by atoms with Crippen molar-refractivity contribution in [2.24, 2.45) is 78.8 Å². The number of nitrogens with one attached hydrogen (secondary N) is 10. The number of amides is 9. The van der Waals surface area contributed by atoms with E-state index in [1.165, 1.54) is 12.5 Å². The number of nitrogens with two attached hydrogens (primary N) is 12. The van der Waals surface area contributed by atoms with Gasteiger partial charge in [-0.1, -0.05) is 6.42 Å². The maximum atomic E-state index is 14.8. The number of carbonyl (C=O) groups excluding carboxylic acids is 9. The molecule has 0 aliphatic carbocycles. The molecule has 96 heavy (non-hydrogen) atoms. The van der Waals surface area contributed by atoms with E-state index in [-0.39, 0.29) is 122 Å². The van der Waals surface area contributed by atoms with Crippen LogP contribution >= 0.6 is 0 Å². The maximum Gasteiger partial charge on any atom is 0.326 e. The minimum Gasteiger partial charge on any atom is -0.480 e. The Kier molecular flexibility index (Phi) is 47.0. The van der Waals surface area contributed by atoms with Gasteiger partial charge in [-0.3, -0.25) is 53.1 Å². The first-order chi connectivity index (χ1) is 46.0. The smallest absolute Gasteiger partial charge is 0.326 e. The van der Waals surface area contributed by atoms with Crippen LogP contribution in [0.15, 0.2) is 22.5 Å². The van der Waals surface area contributed by atoms with E-state index in [9.17, 15) is 53.1 Å². The average molecular weight is 1360 g/mol. The van der Waals surface area contributed by atoms with Crippen LogP contribution in [-0.4, -0.2) is 205 Å². The molecule has 0 aliphatic heterocycles. The second-order valence-electron chi connectivity index (χ2n) is 23.7. The molecule has 1 rings (SSSR count). The molecule has 0 spiro atoms. The lowest BCUT2D eigenvalue weighted by atomic mass is 10.0. The van der Waals surface area contributed by atoms with Gasteiger partial charge in [-0.05, 0) is 200 Å². The highest BCUT2D eigenvalue weighted by Crippen LogP contribution is 2.14. The number of nitrogens with zero attached hydrogens (tertiary/aromatic N) is 3. The second kappa shape index (κ2) is 52.3. The van der Waals surface area contributed by atoms with E-state index in [2.05, 4.69) is 67.8 Å². The first kappa shape index (κ1) is 86.1. The van der Waals surface area contributed by atoms with Crippen molar-refractivity contribution in [3.8, 4) is 0 Å². The van der Waals surface area contributed by atoms with Crippen molar-refractivity contribution in [3.05, 3.63) is 18.2 Å². The zero-order chi connectivity index (χ0) is 71.6. The highest BCUT2D eigenvalue weighted by Gasteiger charge is 2.36. The summed E-state index contributed by atoms with van der Waals surface area (Å²) < 4.78 is 0. The van der Waals surface area contributed by atoms with Gasteiger partial charge in [0.15, 0.2) is 11.9 Å². The van der Waals surface area contributed by atoms with Crippen LogP contribution in [0.25, 0.3) is 0 Å². The molecule has 36 nitrogen and oxygen atoms in total. The number of aliphatic carboxylic acids is 1. The number of H-pyrrole nitrogens is 1. The number of rotatable bonds is 57. The predicted molar refractivity (Wildman–Crippen MR) is 365 cm³/mol. The predicted octanol–water partition coefficient (Wildman–Crippen LogP) is -6.26. The number of carboxylic acid groups (broad SMARTS) is 1. The first-order valence-electron chi connectivity index (χ1n) is 33.7. The maximum absolute atomic E-state index is 14.8. The molecule has 1 heterocycles. The lowest BCUT2D eigenvalue weighted by Gasteiger charge is -2.28. The molecule has 35 N–H and O–H groups in total. The summed E-state index contributed by atoms with van der Waals surface area (Å²) in [5.74, 6) is -8.70. The van der Waals surface area contributed by atoms with Crippen LogP contribution in [0.1, 0.15) is 166 Å². The van der Waals surface area contributed by atoms with Crippen LogP contribution in [0.5, 0.6) is 0 Å². The topological polar surface area (TPSA) is 665 Å². The quantitative estimate of drug-likeness (QED) is 0.0164. The fourth-order valence-corrected chi connectivity index (χ4v) is 10.0. The van der Waals surface area contributed by atoms with E-state index in [4.69, 9.17) is 68.8 Å². The minimum absolute atomic E-state index is 0.000352. The van der Waals surface area contributed by atoms with Crippen molar-refractivity contribution in [3.63, 3.8) is 0 Å². The summed E-state index contributed by atoms with van der Waals surface area (Å²) in [7, 11) is 0. The summed E-state index contributed by atoms with van der Waals surface area (Å²) >= 11 is 0. The van der Waals surface area contributed by atoms with Gasteiger partial charge < -0.3 is 127 Å². The van der Waals surface area contributed by atoms with Crippen LogP contribution in [-0.2, 0) is 54.4 Å². The molecular weight excluding hydrogens is 1250 g/mol. The van der Waals surface area contributed by atoms with Crippen molar-refractivity contribution >= 4 is 71.1 Å². The van der Waals surface area contributed by atoms with Gasteiger partial charge in [0.1, 0.15) is 54.4 Å². The summed E-state index contributed by atoms with van der Waals surface area (Å²) in [4.78, 5) is 156. The zero-order valence-corrected chi connectivity index (χ0v) is 56.0. The molecule has 0 aromatic carbocycles. The molecule has 0 unspecified atom stereocenters. The Balaban J connectivity index is 3.78. The number of aliphatic imine (C=N–C) groups is 2. The number of unbranched alkanes of at least 4 members (excludes halogenated alkanes) is 7. The molecule has 0 fully saturated rings. The summed E-state index contributed by atoms with van der Waals surface area (Å²) in [6.45, 7) is 2.09. The van der Waals surface area contributed by atoms with Gasteiger partial charge in [0.25, 0.3) is 0 Å². The molecule has 0 saturated carbocycles. The van der Waals surface area contributed by atoms with E-state index in [0.717, 1.165) is 0 Å². The van der Waals surface area contributed by atoms with Crippen molar-refractivity contribution in [1.29, 1.82) is 0 Å². The van der Waals surface area contributed by atoms with Crippen LogP contribution in [0.2, 0.25) is 0 Å². The van der Waals surface area contributed by atoms with Gasteiger partial charge in [-0.15, -0.1) is 0 Å². The SMILES string of the molecule is NCCCC[C@H](NC(=O)[C@H](CCCN=C(N)N)NC(=O)[C@H](CCCCN)NC(=O)[C@H](CCCCN)NC(=O)[C@H](Cc1cnc[nH]1)NC(=O)[C@H](CCCCN)NC(=O)[C@H](CCCCN)NC(=O)[C@H](CCCN=C(N)N)NC(=O)[C@H](CCCCN)NC(=O)[C@@H](N)CCCCN)C(=O)O. The lowest BCUT2D eigenvalue weighted by Crippen LogP contribution is -2.60. The number of guanidine groups is 2. The lowest BCUT2D eigenvalue weighted by molar-refractivity contribution is -0.142. The monoisotopic (exact) mass is 1360 g/mol. The molecule has 0 radical (unpaired) electrons. The summed E-state index contributed by atoms with van der Waals surface area (Å²) in [6.07, 6.45) is 9.51. The van der Waals surface area contributed by atoms with Crippen molar-refractivity contribution < 1.29 is 53.1 Å². The number of carbonyl (C=O) groups is 10. The number of carboxylic acids is 1. The molecule has 10 atom stereocenters.